The third-order valence-corrected chi connectivity index (χ3v) is 2.74. The second kappa shape index (κ2) is 7.12. The van der Waals surface area contributed by atoms with Crippen LogP contribution in [-0.2, 0) is 0 Å². The minimum atomic E-state index is -0.0818. The molecule has 1 rings (SSSR count). The lowest BCUT2D eigenvalue weighted by Crippen LogP contribution is -2.30. The number of aromatic nitrogens is 1. The Morgan fingerprint density at radius 1 is 1.53 bits per heavy atom. The van der Waals surface area contributed by atoms with Crippen molar-refractivity contribution in [3.8, 4) is 0 Å². The molecule has 0 unspecified atom stereocenters. The normalized spacial score (nSPS) is 12.7. The van der Waals surface area contributed by atoms with Crippen LogP contribution in [0.4, 0.5) is 0 Å². The van der Waals surface area contributed by atoms with Gasteiger partial charge in [0.2, 0.25) is 0 Å². The van der Waals surface area contributed by atoms with Gasteiger partial charge >= 0.3 is 0 Å². The first-order valence-electron chi connectivity index (χ1n) is 6.16. The van der Waals surface area contributed by atoms with E-state index in [0.29, 0.717) is 24.1 Å². The van der Waals surface area contributed by atoms with Gasteiger partial charge in [-0.25, -0.2) is 0 Å². The van der Waals surface area contributed by atoms with Crippen molar-refractivity contribution in [3.63, 3.8) is 0 Å². The summed E-state index contributed by atoms with van der Waals surface area (Å²) in [6.45, 7) is 5.10. The molecule has 4 heteroatoms. The number of nitrogens with one attached hydrogen (secondary N) is 2. The van der Waals surface area contributed by atoms with Gasteiger partial charge in [-0.05, 0) is 36.8 Å². The third kappa shape index (κ3) is 5.04. The summed E-state index contributed by atoms with van der Waals surface area (Å²) < 4.78 is 0. The zero-order valence-electron chi connectivity index (χ0n) is 10.6. The Hall–Kier alpha value is -1.29. The quantitative estimate of drug-likeness (QED) is 0.678. The zero-order chi connectivity index (χ0) is 12.7. The maximum atomic E-state index is 11.7. The largest absolute Gasteiger partial charge is 0.396 e. The summed E-state index contributed by atoms with van der Waals surface area (Å²) in [5, 5.41) is 11.9. The van der Waals surface area contributed by atoms with Crippen molar-refractivity contribution in [1.82, 2.24) is 10.3 Å². The molecule has 96 valence electrons. The molecular weight excluding hydrogens is 216 g/mol. The van der Waals surface area contributed by atoms with Gasteiger partial charge in [-0.15, -0.1) is 0 Å². The first-order chi connectivity index (χ1) is 8.13. The summed E-state index contributed by atoms with van der Waals surface area (Å²) in [6.07, 6.45) is 3.49. The molecule has 1 aromatic heterocycles. The molecule has 0 aromatic carbocycles. The fraction of sp³-hybridized carbons (Fsp3) is 0.615. The second-order valence-electron chi connectivity index (χ2n) is 4.80. The van der Waals surface area contributed by atoms with Crippen molar-refractivity contribution in [2.24, 2.45) is 11.8 Å². The molecule has 0 aliphatic rings. The van der Waals surface area contributed by atoms with Gasteiger partial charge in [0.15, 0.2) is 0 Å². The van der Waals surface area contributed by atoms with Crippen LogP contribution in [0, 0.1) is 11.8 Å². The monoisotopic (exact) mass is 238 g/mol. The van der Waals surface area contributed by atoms with E-state index in [1.54, 1.807) is 18.3 Å². The van der Waals surface area contributed by atoms with E-state index in [2.05, 4.69) is 24.1 Å². The first-order valence-corrected chi connectivity index (χ1v) is 6.16. The van der Waals surface area contributed by atoms with Crippen LogP contribution < -0.4 is 5.32 Å². The number of hydrogen-bond donors (Lipinski definition) is 3. The van der Waals surface area contributed by atoms with E-state index in [-0.39, 0.29) is 12.5 Å². The molecule has 0 bridgehead atoms. The van der Waals surface area contributed by atoms with Crippen LogP contribution in [-0.4, -0.2) is 29.1 Å². The molecule has 3 N–H and O–H groups in total. The average Bonchev–Trinajstić information content (AvgIpc) is 2.78. The highest BCUT2D eigenvalue weighted by atomic mass is 16.3. The zero-order valence-corrected chi connectivity index (χ0v) is 10.6. The Kier molecular flexibility index (Phi) is 5.77. The van der Waals surface area contributed by atoms with Crippen LogP contribution in [0.3, 0.4) is 0 Å². The molecule has 1 heterocycles. The van der Waals surface area contributed by atoms with E-state index < -0.39 is 0 Å². The van der Waals surface area contributed by atoms with Crippen molar-refractivity contribution in [3.05, 3.63) is 24.0 Å². The lowest BCUT2D eigenvalue weighted by Gasteiger charge is -2.18. The molecule has 1 amide bonds. The van der Waals surface area contributed by atoms with Gasteiger partial charge in [-0.3, -0.25) is 4.79 Å². The van der Waals surface area contributed by atoms with Crippen LogP contribution in [0.2, 0.25) is 0 Å². The Labute approximate surface area is 102 Å². The van der Waals surface area contributed by atoms with E-state index >= 15 is 0 Å². The van der Waals surface area contributed by atoms with Gasteiger partial charge < -0.3 is 15.4 Å². The van der Waals surface area contributed by atoms with Crippen LogP contribution >= 0.6 is 0 Å². The molecule has 0 aliphatic heterocycles. The number of rotatable bonds is 7. The molecule has 1 aromatic rings. The van der Waals surface area contributed by atoms with Crippen molar-refractivity contribution in [2.45, 2.75) is 26.7 Å². The van der Waals surface area contributed by atoms with Crippen molar-refractivity contribution in [2.75, 3.05) is 13.2 Å². The molecule has 0 aliphatic carbocycles. The summed E-state index contributed by atoms with van der Waals surface area (Å²) in [6, 6.07) is 3.55. The lowest BCUT2D eigenvalue weighted by atomic mass is 9.94. The van der Waals surface area contributed by atoms with E-state index in [4.69, 9.17) is 5.11 Å². The summed E-state index contributed by atoms with van der Waals surface area (Å²) in [5.74, 6) is 0.842. The third-order valence-electron chi connectivity index (χ3n) is 2.74. The molecule has 0 saturated heterocycles. The maximum absolute atomic E-state index is 11.7. The van der Waals surface area contributed by atoms with Crippen LogP contribution in [0.15, 0.2) is 18.3 Å². The first kappa shape index (κ1) is 13.8. The van der Waals surface area contributed by atoms with Gasteiger partial charge in [0, 0.05) is 19.3 Å². The van der Waals surface area contributed by atoms with Crippen LogP contribution in [0.25, 0.3) is 0 Å². The molecule has 0 spiro atoms. The van der Waals surface area contributed by atoms with Gasteiger partial charge in [-0.1, -0.05) is 13.8 Å². The van der Waals surface area contributed by atoms with Crippen molar-refractivity contribution >= 4 is 5.91 Å². The summed E-state index contributed by atoms with van der Waals surface area (Å²) >= 11 is 0. The number of carbonyl (C=O) groups excluding carboxylic acids is 1. The molecule has 1 atom stereocenters. The molecule has 4 nitrogen and oxygen atoms in total. The standard InChI is InChI=1S/C13H22N2O2/c1-10(2)8-11(5-7-16)9-15-13(17)12-4-3-6-14-12/h3-4,6,10-11,14,16H,5,7-9H2,1-2H3,(H,15,17)/t11-/m0/s1. The number of aromatic amines is 1. The minimum absolute atomic E-state index is 0.0818. The average molecular weight is 238 g/mol. The summed E-state index contributed by atoms with van der Waals surface area (Å²) in [7, 11) is 0. The highest BCUT2D eigenvalue weighted by Gasteiger charge is 2.13. The highest BCUT2D eigenvalue weighted by Crippen LogP contribution is 2.14. The van der Waals surface area contributed by atoms with Gasteiger partial charge in [0.25, 0.3) is 5.91 Å². The van der Waals surface area contributed by atoms with Crippen LogP contribution in [0.5, 0.6) is 0 Å². The SMILES string of the molecule is CC(C)C[C@H](CCO)CNC(=O)c1ccc[nH]1. The molecule has 0 saturated carbocycles. The Balaban J connectivity index is 2.38. The lowest BCUT2D eigenvalue weighted by molar-refractivity contribution is 0.0937. The number of carbonyl (C=O) groups is 1. The van der Waals surface area contributed by atoms with E-state index in [1.807, 2.05) is 0 Å². The van der Waals surface area contributed by atoms with E-state index in [1.165, 1.54) is 0 Å². The predicted molar refractivity (Wildman–Crippen MR) is 67.8 cm³/mol. The summed E-state index contributed by atoms with van der Waals surface area (Å²) in [4.78, 5) is 14.6. The Morgan fingerprint density at radius 3 is 2.82 bits per heavy atom. The van der Waals surface area contributed by atoms with Crippen LogP contribution in [0.1, 0.15) is 37.2 Å². The molecule has 0 fully saturated rings. The number of H-pyrrole nitrogens is 1. The fourth-order valence-electron chi connectivity index (χ4n) is 1.96. The van der Waals surface area contributed by atoms with Gasteiger partial charge in [0.1, 0.15) is 5.69 Å². The molecule has 17 heavy (non-hydrogen) atoms. The number of amides is 1. The number of aliphatic hydroxyl groups is 1. The van der Waals surface area contributed by atoms with Gasteiger partial charge in [0.05, 0.1) is 0 Å². The maximum Gasteiger partial charge on any atom is 0.267 e. The second-order valence-corrected chi connectivity index (χ2v) is 4.80. The minimum Gasteiger partial charge on any atom is -0.396 e. The van der Waals surface area contributed by atoms with E-state index in [9.17, 15) is 4.79 Å². The topological polar surface area (TPSA) is 65.1 Å². The Bertz CT molecular complexity index is 320. The number of hydrogen-bond acceptors (Lipinski definition) is 2. The molecule has 0 radical (unpaired) electrons. The molecular formula is C13H22N2O2. The highest BCUT2D eigenvalue weighted by molar-refractivity contribution is 5.92. The Morgan fingerprint density at radius 2 is 2.29 bits per heavy atom. The number of aliphatic hydroxyl groups excluding tert-OH is 1. The summed E-state index contributed by atoms with van der Waals surface area (Å²) in [5.41, 5.74) is 0.581. The van der Waals surface area contributed by atoms with Crippen molar-refractivity contribution in [1.29, 1.82) is 0 Å². The fourth-order valence-corrected chi connectivity index (χ4v) is 1.96. The predicted octanol–water partition coefficient (Wildman–Crippen LogP) is 1.79. The van der Waals surface area contributed by atoms with E-state index in [0.717, 1.165) is 12.8 Å². The smallest absolute Gasteiger partial charge is 0.267 e. The van der Waals surface area contributed by atoms with Gasteiger partial charge in [-0.2, -0.15) is 0 Å². The van der Waals surface area contributed by atoms with Crippen molar-refractivity contribution < 1.29 is 9.90 Å².